The fourth-order valence-electron chi connectivity index (χ4n) is 2.45. The molecule has 110 valence electrons. The summed E-state index contributed by atoms with van der Waals surface area (Å²) in [6, 6.07) is 0.244. The summed E-state index contributed by atoms with van der Waals surface area (Å²) >= 11 is 0. The monoisotopic (exact) mass is 266 g/mol. The maximum absolute atomic E-state index is 5.62. The zero-order valence-electron chi connectivity index (χ0n) is 12.6. The van der Waals surface area contributed by atoms with Crippen LogP contribution in [0.25, 0.3) is 0 Å². The van der Waals surface area contributed by atoms with Gasteiger partial charge in [0.15, 0.2) is 0 Å². The lowest BCUT2D eigenvalue weighted by molar-refractivity contribution is 0.474. The zero-order chi connectivity index (χ0) is 13.9. The molecule has 19 heavy (non-hydrogen) atoms. The molecule has 3 N–H and O–H groups in total. The van der Waals surface area contributed by atoms with E-state index in [4.69, 9.17) is 5.84 Å². The molecule has 1 aromatic rings. The van der Waals surface area contributed by atoms with Crippen LogP contribution in [0.3, 0.4) is 0 Å². The Bertz CT molecular complexity index is 322. The van der Waals surface area contributed by atoms with E-state index in [1.165, 1.54) is 56.9 Å². The number of aromatic nitrogens is 2. The van der Waals surface area contributed by atoms with E-state index in [1.54, 1.807) is 0 Å². The van der Waals surface area contributed by atoms with Gasteiger partial charge in [-0.1, -0.05) is 58.3 Å². The summed E-state index contributed by atoms with van der Waals surface area (Å²) in [4.78, 5) is 0. The minimum Gasteiger partial charge on any atom is -0.275 e. The van der Waals surface area contributed by atoms with E-state index in [1.807, 2.05) is 24.1 Å². The molecule has 0 amide bonds. The van der Waals surface area contributed by atoms with Crippen molar-refractivity contribution in [2.75, 3.05) is 0 Å². The van der Waals surface area contributed by atoms with Gasteiger partial charge in [0.25, 0.3) is 0 Å². The third-order valence-electron chi connectivity index (χ3n) is 3.67. The van der Waals surface area contributed by atoms with Gasteiger partial charge in [0.05, 0.1) is 6.20 Å². The Morgan fingerprint density at radius 2 is 1.79 bits per heavy atom. The number of aryl methyl sites for hydroxylation is 1. The lowest BCUT2D eigenvalue weighted by Gasteiger charge is -2.13. The molecule has 0 bridgehead atoms. The molecule has 0 aliphatic carbocycles. The van der Waals surface area contributed by atoms with Gasteiger partial charge < -0.3 is 0 Å². The molecule has 1 heterocycles. The first-order valence-corrected chi connectivity index (χ1v) is 7.72. The van der Waals surface area contributed by atoms with Crippen LogP contribution < -0.4 is 11.3 Å². The lowest BCUT2D eigenvalue weighted by atomic mass is 10.0. The Morgan fingerprint density at radius 1 is 1.16 bits per heavy atom. The molecule has 0 aliphatic heterocycles. The van der Waals surface area contributed by atoms with Gasteiger partial charge in [-0.2, -0.15) is 5.10 Å². The fraction of sp³-hybridized carbons (Fsp3) is 0.800. The number of hydrogen-bond acceptors (Lipinski definition) is 3. The highest BCUT2D eigenvalue weighted by Gasteiger charge is 2.10. The van der Waals surface area contributed by atoms with Crippen molar-refractivity contribution in [3.63, 3.8) is 0 Å². The first-order chi connectivity index (χ1) is 9.27. The van der Waals surface area contributed by atoms with Crippen molar-refractivity contribution in [2.24, 2.45) is 12.9 Å². The molecule has 4 heteroatoms. The number of unbranched alkanes of at least 4 members (excludes halogenated alkanes) is 7. The van der Waals surface area contributed by atoms with Gasteiger partial charge in [-0.05, 0) is 6.42 Å². The van der Waals surface area contributed by atoms with E-state index >= 15 is 0 Å². The highest BCUT2D eigenvalue weighted by atomic mass is 15.3. The standard InChI is InChI=1S/C15H30N4/c1-3-4-5-6-7-8-9-10-11-15(18-16)14-12-17-19(2)13-14/h12-13,15,18H,3-11,16H2,1-2H3. The van der Waals surface area contributed by atoms with E-state index in [2.05, 4.69) is 17.4 Å². The fourth-order valence-corrected chi connectivity index (χ4v) is 2.45. The van der Waals surface area contributed by atoms with E-state index in [0.717, 1.165) is 6.42 Å². The lowest BCUT2D eigenvalue weighted by Crippen LogP contribution is -2.27. The first-order valence-electron chi connectivity index (χ1n) is 7.72. The molecule has 1 aromatic heterocycles. The molecule has 0 saturated carbocycles. The van der Waals surface area contributed by atoms with Gasteiger partial charge in [-0.15, -0.1) is 0 Å². The Kier molecular flexibility index (Phi) is 8.50. The van der Waals surface area contributed by atoms with Crippen molar-refractivity contribution in [1.29, 1.82) is 0 Å². The minimum atomic E-state index is 0.244. The normalized spacial score (nSPS) is 12.8. The van der Waals surface area contributed by atoms with Crippen molar-refractivity contribution in [3.8, 4) is 0 Å². The topological polar surface area (TPSA) is 55.9 Å². The molecule has 0 spiro atoms. The largest absolute Gasteiger partial charge is 0.275 e. The third kappa shape index (κ3) is 6.73. The maximum atomic E-state index is 5.62. The summed E-state index contributed by atoms with van der Waals surface area (Å²) in [5.41, 5.74) is 4.09. The summed E-state index contributed by atoms with van der Waals surface area (Å²) in [6.45, 7) is 2.26. The zero-order valence-corrected chi connectivity index (χ0v) is 12.6. The van der Waals surface area contributed by atoms with E-state index in [0.29, 0.717) is 0 Å². The molecule has 0 fully saturated rings. The predicted molar refractivity (Wildman–Crippen MR) is 80.5 cm³/mol. The molecule has 1 rings (SSSR count). The summed E-state index contributed by atoms with van der Waals surface area (Å²) in [5, 5.41) is 4.19. The van der Waals surface area contributed by atoms with Crippen LogP contribution in [-0.4, -0.2) is 9.78 Å². The molecule has 1 unspecified atom stereocenters. The molecule has 0 radical (unpaired) electrons. The van der Waals surface area contributed by atoms with Gasteiger partial charge >= 0.3 is 0 Å². The highest BCUT2D eigenvalue weighted by molar-refractivity contribution is 5.09. The maximum Gasteiger partial charge on any atom is 0.0538 e. The van der Waals surface area contributed by atoms with E-state index in [-0.39, 0.29) is 6.04 Å². The molecular formula is C15H30N4. The minimum absolute atomic E-state index is 0.244. The Balaban J connectivity index is 2.07. The van der Waals surface area contributed by atoms with Crippen LogP contribution in [0, 0.1) is 0 Å². The number of rotatable bonds is 11. The van der Waals surface area contributed by atoms with Crippen molar-refractivity contribution in [3.05, 3.63) is 18.0 Å². The van der Waals surface area contributed by atoms with Crippen LogP contribution >= 0.6 is 0 Å². The number of nitrogens with one attached hydrogen (secondary N) is 1. The average Bonchev–Trinajstić information content (AvgIpc) is 2.83. The molecule has 0 aromatic carbocycles. The van der Waals surface area contributed by atoms with Gasteiger partial charge in [0.1, 0.15) is 0 Å². The second-order valence-corrected chi connectivity index (χ2v) is 5.43. The number of nitrogens with two attached hydrogens (primary N) is 1. The van der Waals surface area contributed by atoms with Crippen LogP contribution in [-0.2, 0) is 7.05 Å². The summed E-state index contributed by atoms with van der Waals surface area (Å²) in [7, 11) is 1.94. The first kappa shape index (κ1) is 16.2. The van der Waals surface area contributed by atoms with E-state index in [9.17, 15) is 0 Å². The Labute approximate surface area is 117 Å². The Hall–Kier alpha value is -0.870. The molecule has 0 aliphatic rings. The van der Waals surface area contributed by atoms with Crippen molar-refractivity contribution >= 4 is 0 Å². The van der Waals surface area contributed by atoms with Crippen LogP contribution in [0.2, 0.25) is 0 Å². The highest BCUT2D eigenvalue weighted by Crippen LogP contribution is 2.19. The van der Waals surface area contributed by atoms with E-state index < -0.39 is 0 Å². The SMILES string of the molecule is CCCCCCCCCCC(NN)c1cnn(C)c1. The van der Waals surface area contributed by atoms with Crippen LogP contribution in [0.5, 0.6) is 0 Å². The van der Waals surface area contributed by atoms with Crippen LogP contribution in [0.4, 0.5) is 0 Å². The predicted octanol–water partition coefficient (Wildman–Crippen LogP) is 3.46. The van der Waals surface area contributed by atoms with Gasteiger partial charge in [-0.3, -0.25) is 16.0 Å². The second kappa shape index (κ2) is 9.98. The summed E-state index contributed by atoms with van der Waals surface area (Å²) < 4.78 is 1.83. The van der Waals surface area contributed by atoms with Crippen molar-refractivity contribution in [1.82, 2.24) is 15.2 Å². The third-order valence-corrected chi connectivity index (χ3v) is 3.67. The number of hydrogen-bond donors (Lipinski definition) is 2. The molecular weight excluding hydrogens is 236 g/mol. The van der Waals surface area contributed by atoms with Gasteiger partial charge in [-0.25, -0.2) is 0 Å². The van der Waals surface area contributed by atoms with Gasteiger partial charge in [0, 0.05) is 24.8 Å². The van der Waals surface area contributed by atoms with Crippen LogP contribution in [0.15, 0.2) is 12.4 Å². The Morgan fingerprint density at radius 3 is 2.32 bits per heavy atom. The van der Waals surface area contributed by atoms with Crippen molar-refractivity contribution < 1.29 is 0 Å². The molecule has 0 saturated heterocycles. The quantitative estimate of drug-likeness (QED) is 0.366. The van der Waals surface area contributed by atoms with Crippen LogP contribution in [0.1, 0.15) is 76.3 Å². The van der Waals surface area contributed by atoms with Crippen molar-refractivity contribution in [2.45, 2.75) is 70.8 Å². The average molecular weight is 266 g/mol. The number of hydrazine groups is 1. The van der Waals surface area contributed by atoms with Gasteiger partial charge in [0.2, 0.25) is 0 Å². The summed E-state index contributed by atoms with van der Waals surface area (Å²) in [6.07, 6.45) is 15.8. The molecule has 4 nitrogen and oxygen atoms in total. The second-order valence-electron chi connectivity index (χ2n) is 5.43. The smallest absolute Gasteiger partial charge is 0.0538 e. The number of nitrogens with zero attached hydrogens (tertiary/aromatic N) is 2. The summed E-state index contributed by atoms with van der Waals surface area (Å²) in [5.74, 6) is 5.62. The molecule has 1 atom stereocenters.